The number of rotatable bonds is 8. The zero-order valence-corrected chi connectivity index (χ0v) is 9.89. The zero-order valence-electron chi connectivity index (χ0n) is 9.89. The average molecular weight is 254 g/mol. The minimum atomic E-state index is -0.643. The summed E-state index contributed by atoms with van der Waals surface area (Å²) in [5.74, 6) is -0.643. The van der Waals surface area contributed by atoms with Gasteiger partial charge in [0.25, 0.3) is 5.69 Å². The lowest BCUT2D eigenvalue weighted by Gasteiger charge is -2.07. The van der Waals surface area contributed by atoms with Crippen LogP contribution in [0.2, 0.25) is 0 Å². The third-order valence-corrected chi connectivity index (χ3v) is 2.19. The van der Waals surface area contributed by atoms with E-state index in [2.05, 4.69) is 11.9 Å². The molecule has 5 nitrogen and oxygen atoms in total. The SMILES string of the molecule is C=CCCOCCNc1ccc([N+](=O)[O-])cc1F. The second kappa shape index (κ2) is 7.39. The first kappa shape index (κ1) is 14.1. The quantitative estimate of drug-likeness (QED) is 0.335. The molecule has 1 rings (SSSR count). The largest absolute Gasteiger partial charge is 0.380 e. The molecular formula is C12H15FN2O3. The number of nitro benzene ring substituents is 1. The standard InChI is InChI=1S/C12H15FN2O3/c1-2-3-7-18-8-6-14-12-5-4-10(15(16)17)9-11(12)13/h2,4-5,9,14H,1,3,6-8H2. The van der Waals surface area contributed by atoms with Crippen LogP contribution >= 0.6 is 0 Å². The molecule has 18 heavy (non-hydrogen) atoms. The van der Waals surface area contributed by atoms with Crippen molar-refractivity contribution in [3.8, 4) is 0 Å². The van der Waals surface area contributed by atoms with Crippen LogP contribution in [0.15, 0.2) is 30.9 Å². The van der Waals surface area contributed by atoms with E-state index in [0.29, 0.717) is 19.8 Å². The fraction of sp³-hybridized carbons (Fsp3) is 0.333. The summed E-state index contributed by atoms with van der Waals surface area (Å²) < 4.78 is 18.7. The van der Waals surface area contributed by atoms with Crippen molar-refractivity contribution in [2.45, 2.75) is 6.42 Å². The molecule has 0 bridgehead atoms. The molecule has 6 heteroatoms. The summed E-state index contributed by atoms with van der Waals surface area (Å²) in [6.45, 7) is 5.01. The maximum absolute atomic E-state index is 13.4. The first-order chi connectivity index (χ1) is 8.65. The van der Waals surface area contributed by atoms with Gasteiger partial charge in [-0.3, -0.25) is 10.1 Å². The van der Waals surface area contributed by atoms with Crippen molar-refractivity contribution in [2.24, 2.45) is 0 Å². The smallest absolute Gasteiger partial charge is 0.272 e. The van der Waals surface area contributed by atoms with Gasteiger partial charge in [0, 0.05) is 12.6 Å². The van der Waals surface area contributed by atoms with Crippen molar-refractivity contribution in [2.75, 3.05) is 25.1 Å². The van der Waals surface area contributed by atoms with E-state index >= 15 is 0 Å². The third-order valence-electron chi connectivity index (χ3n) is 2.19. The average Bonchev–Trinajstić information content (AvgIpc) is 2.35. The van der Waals surface area contributed by atoms with Gasteiger partial charge in [-0.2, -0.15) is 0 Å². The van der Waals surface area contributed by atoms with E-state index in [1.54, 1.807) is 6.08 Å². The van der Waals surface area contributed by atoms with Crippen molar-refractivity contribution in [1.82, 2.24) is 0 Å². The molecular weight excluding hydrogens is 239 g/mol. The van der Waals surface area contributed by atoms with E-state index in [0.717, 1.165) is 12.5 Å². The number of nitro groups is 1. The molecule has 0 atom stereocenters. The Morgan fingerprint density at radius 1 is 1.50 bits per heavy atom. The van der Waals surface area contributed by atoms with Crippen molar-refractivity contribution in [3.63, 3.8) is 0 Å². The number of hydrogen-bond acceptors (Lipinski definition) is 4. The Bertz CT molecular complexity index is 424. The lowest BCUT2D eigenvalue weighted by atomic mass is 10.2. The highest BCUT2D eigenvalue weighted by atomic mass is 19.1. The van der Waals surface area contributed by atoms with Crippen LogP contribution in [0, 0.1) is 15.9 Å². The van der Waals surface area contributed by atoms with Gasteiger partial charge in [-0.15, -0.1) is 6.58 Å². The van der Waals surface area contributed by atoms with Crippen LogP contribution < -0.4 is 5.32 Å². The van der Waals surface area contributed by atoms with Gasteiger partial charge in [-0.1, -0.05) is 6.08 Å². The number of nitrogens with one attached hydrogen (secondary N) is 1. The van der Waals surface area contributed by atoms with Crippen molar-refractivity contribution < 1.29 is 14.1 Å². The van der Waals surface area contributed by atoms with Gasteiger partial charge in [0.15, 0.2) is 5.82 Å². The van der Waals surface area contributed by atoms with Gasteiger partial charge >= 0.3 is 0 Å². The summed E-state index contributed by atoms with van der Waals surface area (Å²) in [6, 6.07) is 3.49. The molecule has 1 N–H and O–H groups in total. The predicted octanol–water partition coefficient (Wildman–Crippen LogP) is 2.74. The summed E-state index contributed by atoms with van der Waals surface area (Å²) in [4.78, 5) is 9.78. The zero-order chi connectivity index (χ0) is 13.4. The van der Waals surface area contributed by atoms with Crippen LogP contribution in [-0.2, 0) is 4.74 Å². The molecule has 0 aromatic heterocycles. The summed E-state index contributed by atoms with van der Waals surface area (Å²) >= 11 is 0. The van der Waals surface area contributed by atoms with Crippen LogP contribution in [0.5, 0.6) is 0 Å². The molecule has 1 aromatic rings. The fourth-order valence-corrected chi connectivity index (χ4v) is 1.29. The second-order valence-electron chi connectivity index (χ2n) is 3.54. The maximum atomic E-state index is 13.4. The van der Waals surface area contributed by atoms with Crippen LogP contribution in [0.25, 0.3) is 0 Å². The first-order valence-electron chi connectivity index (χ1n) is 5.51. The molecule has 0 amide bonds. The Morgan fingerprint density at radius 2 is 2.28 bits per heavy atom. The molecule has 0 saturated carbocycles. The van der Waals surface area contributed by atoms with Gasteiger partial charge in [0.05, 0.1) is 29.9 Å². The predicted molar refractivity (Wildman–Crippen MR) is 67.2 cm³/mol. The highest BCUT2D eigenvalue weighted by Crippen LogP contribution is 2.20. The van der Waals surface area contributed by atoms with E-state index in [1.165, 1.54) is 12.1 Å². The fourth-order valence-electron chi connectivity index (χ4n) is 1.29. The summed E-state index contributed by atoms with van der Waals surface area (Å²) in [5.41, 5.74) is -0.0341. The molecule has 0 aliphatic carbocycles. The van der Waals surface area contributed by atoms with E-state index in [4.69, 9.17) is 4.74 Å². The minimum absolute atomic E-state index is 0.230. The molecule has 0 aliphatic heterocycles. The number of nitrogens with zero attached hydrogens (tertiary/aromatic N) is 1. The van der Waals surface area contributed by atoms with E-state index in [1.807, 2.05) is 0 Å². The number of benzene rings is 1. The lowest BCUT2D eigenvalue weighted by molar-refractivity contribution is -0.385. The number of ether oxygens (including phenoxy) is 1. The van der Waals surface area contributed by atoms with Crippen molar-refractivity contribution >= 4 is 11.4 Å². The molecule has 0 aliphatic rings. The summed E-state index contributed by atoms with van der Waals surface area (Å²) in [7, 11) is 0. The van der Waals surface area contributed by atoms with E-state index in [9.17, 15) is 14.5 Å². The van der Waals surface area contributed by atoms with Crippen LogP contribution in [0.3, 0.4) is 0 Å². The molecule has 0 unspecified atom stereocenters. The van der Waals surface area contributed by atoms with E-state index < -0.39 is 10.7 Å². The van der Waals surface area contributed by atoms with Gasteiger partial charge in [0.2, 0.25) is 0 Å². The van der Waals surface area contributed by atoms with Gasteiger partial charge in [0.1, 0.15) is 0 Å². The Morgan fingerprint density at radius 3 is 2.89 bits per heavy atom. The Hall–Kier alpha value is -1.95. The van der Waals surface area contributed by atoms with Crippen molar-refractivity contribution in [1.29, 1.82) is 0 Å². The molecule has 0 radical (unpaired) electrons. The topological polar surface area (TPSA) is 64.4 Å². The Kier molecular flexibility index (Phi) is 5.79. The maximum Gasteiger partial charge on any atom is 0.272 e. The highest BCUT2D eigenvalue weighted by Gasteiger charge is 2.09. The third kappa shape index (κ3) is 4.50. The lowest BCUT2D eigenvalue weighted by Crippen LogP contribution is -2.10. The number of halogens is 1. The van der Waals surface area contributed by atoms with Crippen LogP contribution in [-0.4, -0.2) is 24.7 Å². The second-order valence-corrected chi connectivity index (χ2v) is 3.54. The van der Waals surface area contributed by atoms with Gasteiger partial charge in [-0.25, -0.2) is 4.39 Å². The first-order valence-corrected chi connectivity index (χ1v) is 5.51. The molecule has 0 saturated heterocycles. The molecule has 0 spiro atoms. The monoisotopic (exact) mass is 254 g/mol. The molecule has 1 aromatic carbocycles. The van der Waals surface area contributed by atoms with Crippen LogP contribution in [0.1, 0.15) is 6.42 Å². The van der Waals surface area contributed by atoms with Gasteiger partial charge in [-0.05, 0) is 12.5 Å². The van der Waals surface area contributed by atoms with Gasteiger partial charge < -0.3 is 10.1 Å². The van der Waals surface area contributed by atoms with Crippen LogP contribution in [0.4, 0.5) is 15.8 Å². The Balaban J connectivity index is 2.38. The highest BCUT2D eigenvalue weighted by molar-refractivity contribution is 5.50. The summed E-state index contributed by atoms with van der Waals surface area (Å²) in [6.07, 6.45) is 2.52. The molecule has 98 valence electrons. The summed E-state index contributed by atoms with van der Waals surface area (Å²) in [5, 5.41) is 13.2. The van der Waals surface area contributed by atoms with E-state index in [-0.39, 0.29) is 11.4 Å². The molecule has 0 heterocycles. The van der Waals surface area contributed by atoms with Crippen molar-refractivity contribution in [3.05, 3.63) is 46.8 Å². The molecule has 0 fully saturated rings. The number of hydrogen-bond donors (Lipinski definition) is 1. The number of non-ortho nitro benzene ring substituents is 1. The normalized spacial score (nSPS) is 10.1. The Labute approximate surface area is 104 Å². The number of anilines is 1. The minimum Gasteiger partial charge on any atom is -0.380 e.